The number of hydrogen-bond donors (Lipinski definition) is 3. The number of carboxylic acid groups (broad SMARTS) is 1. The van der Waals surface area contributed by atoms with Crippen LogP contribution in [0, 0.1) is 5.82 Å². The van der Waals surface area contributed by atoms with Crippen LogP contribution in [0.15, 0.2) is 69.5 Å². The molecule has 44 heavy (non-hydrogen) atoms. The fourth-order valence-corrected chi connectivity index (χ4v) is 5.95. The first-order valence-electron chi connectivity index (χ1n) is 13.9. The molecule has 4 aromatic rings. The third-order valence-electron chi connectivity index (χ3n) is 7.57. The summed E-state index contributed by atoms with van der Waals surface area (Å²) < 4.78 is 17.0. The van der Waals surface area contributed by atoms with Gasteiger partial charge in [0.25, 0.3) is 11.5 Å². The fraction of sp³-hybridized carbons (Fsp3) is 0.267. The van der Waals surface area contributed by atoms with Crippen molar-refractivity contribution < 1.29 is 23.9 Å². The molecule has 2 aromatic heterocycles. The van der Waals surface area contributed by atoms with Crippen LogP contribution in [0.4, 0.5) is 15.9 Å². The molecule has 2 aliphatic rings. The number of pyridine rings is 1. The molecule has 12 nitrogen and oxygen atoms in total. The number of benzene rings is 2. The highest BCUT2D eigenvalue weighted by Crippen LogP contribution is 2.38. The number of fused-ring (bicyclic) bond motifs is 1. The number of hydrogen-bond acceptors (Lipinski definition) is 8. The number of carbonyl (C=O) groups excluding carboxylic acids is 2. The number of carboxylic acids is 1. The molecule has 0 spiro atoms. The monoisotopic (exact) mass is 618 g/mol. The Morgan fingerprint density at radius 2 is 1.77 bits per heavy atom. The number of nitrogens with zero attached hydrogens (tertiary/aromatic N) is 4. The van der Waals surface area contributed by atoms with Gasteiger partial charge in [0.05, 0.1) is 17.0 Å². The van der Waals surface area contributed by atoms with Crippen LogP contribution in [0.1, 0.15) is 39.6 Å². The first-order valence-corrected chi connectivity index (χ1v) is 14.9. The molecule has 3 N–H and O–H groups in total. The van der Waals surface area contributed by atoms with Gasteiger partial charge in [-0.1, -0.05) is 30.0 Å². The predicted molar refractivity (Wildman–Crippen MR) is 162 cm³/mol. The molecule has 14 heteroatoms. The van der Waals surface area contributed by atoms with E-state index < -0.39 is 28.7 Å². The Morgan fingerprint density at radius 1 is 1.05 bits per heavy atom. The van der Waals surface area contributed by atoms with E-state index in [4.69, 9.17) is 0 Å². The summed E-state index contributed by atoms with van der Waals surface area (Å²) in [5.41, 5.74) is -0.404. The molecule has 1 saturated carbocycles. The van der Waals surface area contributed by atoms with Crippen molar-refractivity contribution >= 4 is 52.0 Å². The Hall–Kier alpha value is -4.98. The molecule has 226 valence electrons. The highest BCUT2D eigenvalue weighted by molar-refractivity contribution is 7.99. The van der Waals surface area contributed by atoms with Gasteiger partial charge in [-0.2, -0.15) is 0 Å². The van der Waals surface area contributed by atoms with Gasteiger partial charge in [-0.25, -0.2) is 14.2 Å². The number of carbonyl (C=O) groups is 3. The van der Waals surface area contributed by atoms with E-state index in [2.05, 4.69) is 15.3 Å². The number of amides is 2. The van der Waals surface area contributed by atoms with Crippen LogP contribution in [0.2, 0.25) is 0 Å². The number of halogens is 1. The summed E-state index contributed by atoms with van der Waals surface area (Å²) in [4.78, 5) is 72.2. The summed E-state index contributed by atoms with van der Waals surface area (Å²) in [5.74, 6) is -2.54. The van der Waals surface area contributed by atoms with Gasteiger partial charge in [-0.3, -0.25) is 19.2 Å². The van der Waals surface area contributed by atoms with Crippen molar-refractivity contribution in [2.75, 3.05) is 42.1 Å². The zero-order valence-corrected chi connectivity index (χ0v) is 24.1. The van der Waals surface area contributed by atoms with Gasteiger partial charge >= 0.3 is 5.97 Å². The Labute approximate surface area is 253 Å². The van der Waals surface area contributed by atoms with Crippen LogP contribution in [0.3, 0.4) is 0 Å². The second-order valence-corrected chi connectivity index (χ2v) is 11.5. The van der Waals surface area contributed by atoms with Crippen molar-refractivity contribution in [2.24, 2.45) is 0 Å². The van der Waals surface area contributed by atoms with E-state index in [1.54, 1.807) is 50.8 Å². The smallest absolute Gasteiger partial charge is 0.341 e. The average molecular weight is 619 g/mol. The van der Waals surface area contributed by atoms with E-state index in [-0.39, 0.29) is 45.3 Å². The first kappa shape index (κ1) is 29.1. The largest absolute Gasteiger partial charge is 0.477 e. The molecule has 0 unspecified atom stereocenters. The molecule has 6 rings (SSSR count). The van der Waals surface area contributed by atoms with Gasteiger partial charge in [-0.15, -0.1) is 0 Å². The maximum Gasteiger partial charge on any atom is 0.341 e. The van der Waals surface area contributed by atoms with Crippen molar-refractivity contribution in [1.82, 2.24) is 19.4 Å². The second kappa shape index (κ2) is 12.0. The number of anilines is 2. The number of aromatic carboxylic acids is 1. The number of thioether (sulfide) groups is 1. The minimum absolute atomic E-state index is 0.0110. The number of rotatable bonds is 8. The van der Waals surface area contributed by atoms with Gasteiger partial charge < -0.3 is 29.8 Å². The van der Waals surface area contributed by atoms with Crippen LogP contribution in [0.25, 0.3) is 10.9 Å². The van der Waals surface area contributed by atoms with Crippen molar-refractivity contribution in [1.29, 1.82) is 0 Å². The topological polar surface area (TPSA) is 158 Å². The third kappa shape index (κ3) is 6.06. The highest BCUT2D eigenvalue weighted by atomic mass is 32.2. The van der Waals surface area contributed by atoms with Crippen LogP contribution in [-0.4, -0.2) is 74.3 Å². The SMILES string of the molecule is O=C(Nc1cc(=O)[nH]c(SCC(=O)N2CCN(c3cc4c(cc3F)c(=O)c(C(=O)O)cn4C3CC3)CC2)n1)c1ccccc1. The maximum atomic E-state index is 15.3. The molecular formula is C30H27FN6O6S. The van der Waals surface area contributed by atoms with Crippen LogP contribution >= 0.6 is 11.8 Å². The lowest BCUT2D eigenvalue weighted by molar-refractivity contribution is -0.128. The van der Waals surface area contributed by atoms with E-state index in [1.165, 1.54) is 6.20 Å². The minimum Gasteiger partial charge on any atom is -0.477 e. The van der Waals surface area contributed by atoms with Crippen LogP contribution < -0.4 is 21.2 Å². The average Bonchev–Trinajstić information content (AvgIpc) is 3.86. The van der Waals surface area contributed by atoms with Crippen LogP contribution in [0.5, 0.6) is 0 Å². The summed E-state index contributed by atoms with van der Waals surface area (Å²) >= 11 is 1.03. The van der Waals surface area contributed by atoms with E-state index >= 15 is 4.39 Å². The first-order chi connectivity index (χ1) is 21.2. The molecule has 2 amide bonds. The molecular weight excluding hydrogens is 591 g/mol. The Morgan fingerprint density at radius 3 is 2.45 bits per heavy atom. The van der Waals surface area contributed by atoms with Crippen molar-refractivity contribution in [3.63, 3.8) is 0 Å². The van der Waals surface area contributed by atoms with Gasteiger partial charge in [-0.05, 0) is 37.1 Å². The number of aromatic nitrogens is 3. The normalized spacial score (nSPS) is 14.9. The van der Waals surface area contributed by atoms with Crippen molar-refractivity contribution in [3.8, 4) is 0 Å². The van der Waals surface area contributed by atoms with Gasteiger partial charge in [0.15, 0.2) is 5.16 Å². The Bertz CT molecular complexity index is 1900. The maximum absolute atomic E-state index is 15.3. The minimum atomic E-state index is -1.35. The molecule has 2 aromatic carbocycles. The number of nitrogens with one attached hydrogen (secondary N) is 2. The van der Waals surface area contributed by atoms with Crippen LogP contribution in [-0.2, 0) is 4.79 Å². The Kier molecular flexibility index (Phi) is 7.91. The zero-order valence-electron chi connectivity index (χ0n) is 23.3. The quantitative estimate of drug-likeness (QED) is 0.199. The molecule has 1 saturated heterocycles. The van der Waals surface area contributed by atoms with Gasteiger partial charge in [0, 0.05) is 55.4 Å². The van der Waals surface area contributed by atoms with E-state index in [9.17, 15) is 29.1 Å². The lowest BCUT2D eigenvalue weighted by atomic mass is 10.1. The summed E-state index contributed by atoms with van der Waals surface area (Å²) in [7, 11) is 0. The lowest BCUT2D eigenvalue weighted by Crippen LogP contribution is -2.49. The second-order valence-electron chi connectivity index (χ2n) is 10.5. The number of aromatic amines is 1. The number of H-pyrrole nitrogens is 1. The standard InChI is InChI=1S/C30H27FN6O6S/c31-21-12-19-22(37(18-6-7-18)15-20(27(19)40)29(42)43)13-23(21)35-8-10-36(11-9-35)26(39)16-44-30-33-24(14-25(38)34-30)32-28(41)17-4-2-1-3-5-17/h1-5,12-15,18H,6-11,16H2,(H,42,43)(H2,32,33,34,38,41). The van der Waals surface area contributed by atoms with Crippen molar-refractivity contribution in [3.05, 3.63) is 92.2 Å². The summed E-state index contributed by atoms with van der Waals surface area (Å²) in [6, 6.07) is 12.4. The number of piperazine rings is 1. The predicted octanol–water partition coefficient (Wildman–Crippen LogP) is 2.95. The summed E-state index contributed by atoms with van der Waals surface area (Å²) in [6.45, 7) is 1.33. The summed E-state index contributed by atoms with van der Waals surface area (Å²) in [5, 5.41) is 12.3. The summed E-state index contributed by atoms with van der Waals surface area (Å²) in [6.07, 6.45) is 3.03. The lowest BCUT2D eigenvalue weighted by Gasteiger charge is -2.36. The highest BCUT2D eigenvalue weighted by Gasteiger charge is 2.29. The third-order valence-corrected chi connectivity index (χ3v) is 8.43. The fourth-order valence-electron chi connectivity index (χ4n) is 5.17. The molecule has 0 atom stereocenters. The molecule has 0 bridgehead atoms. The van der Waals surface area contributed by atoms with E-state index in [1.807, 2.05) is 0 Å². The molecule has 0 radical (unpaired) electrons. The van der Waals surface area contributed by atoms with E-state index in [0.29, 0.717) is 37.3 Å². The molecule has 3 heterocycles. The molecule has 1 aliphatic carbocycles. The zero-order chi connectivity index (χ0) is 31.0. The molecule has 1 aliphatic heterocycles. The van der Waals surface area contributed by atoms with E-state index in [0.717, 1.165) is 36.7 Å². The van der Waals surface area contributed by atoms with Crippen molar-refractivity contribution in [2.45, 2.75) is 24.0 Å². The molecule has 2 fully saturated rings. The van der Waals surface area contributed by atoms with Gasteiger partial charge in [0.2, 0.25) is 11.3 Å². The van der Waals surface area contributed by atoms with Gasteiger partial charge in [0.1, 0.15) is 17.2 Å². The Balaban J connectivity index is 1.10.